The van der Waals surface area contributed by atoms with Gasteiger partial charge >= 0.3 is 24.5 Å². The van der Waals surface area contributed by atoms with E-state index in [9.17, 15) is 26.7 Å². The lowest BCUT2D eigenvalue weighted by Gasteiger charge is -2.32. The Hall–Kier alpha value is -4.63. The minimum atomic E-state index is -4.65. The maximum absolute atomic E-state index is 13.6. The van der Waals surface area contributed by atoms with Crippen LogP contribution >= 0.6 is 0 Å². The molecule has 1 aliphatic rings. The van der Waals surface area contributed by atoms with Crippen molar-refractivity contribution < 1.29 is 31.2 Å². The van der Waals surface area contributed by atoms with Crippen LogP contribution in [0.5, 0.6) is 0 Å². The number of nitrogens with zero attached hydrogens (tertiary/aromatic N) is 8. The van der Waals surface area contributed by atoms with Crippen LogP contribution in [0.2, 0.25) is 0 Å². The summed E-state index contributed by atoms with van der Waals surface area (Å²) in [7, 11) is 0. The van der Waals surface area contributed by atoms with Crippen LogP contribution in [0.25, 0.3) is 17.0 Å². The lowest BCUT2D eigenvalue weighted by molar-refractivity contribution is -0.142. The van der Waals surface area contributed by atoms with Gasteiger partial charge in [-0.05, 0) is 18.2 Å². The maximum Gasteiger partial charge on any atom is 0.433 e. The van der Waals surface area contributed by atoms with Gasteiger partial charge in [-0.2, -0.15) is 32.1 Å². The summed E-state index contributed by atoms with van der Waals surface area (Å²) < 4.78 is 72.9. The van der Waals surface area contributed by atoms with Crippen molar-refractivity contribution in [3.8, 4) is 11.5 Å². The highest BCUT2D eigenvalue weighted by atomic mass is 19.4. The molecule has 0 saturated carbocycles. The van der Waals surface area contributed by atoms with E-state index in [1.807, 2.05) is 0 Å². The van der Waals surface area contributed by atoms with Crippen molar-refractivity contribution in [2.45, 2.75) is 25.2 Å². The second-order valence-corrected chi connectivity index (χ2v) is 8.13. The van der Waals surface area contributed by atoms with Crippen LogP contribution in [-0.4, -0.2) is 56.9 Å². The minimum absolute atomic E-state index is 0.0802. The number of hydrogen-bond acceptors (Lipinski definition) is 7. The molecule has 0 aliphatic carbocycles. The van der Waals surface area contributed by atoms with Crippen molar-refractivity contribution in [2.24, 2.45) is 0 Å². The zero-order valence-electron chi connectivity index (χ0n) is 18.4. The highest BCUT2D eigenvalue weighted by Crippen LogP contribution is 2.36. The Bertz CT molecular complexity index is 1620. The SMILES string of the molecule is O=C(c1nnc(-c2cnn(C(F)F)c2)o1)N1CCc2[nH]cnc2[C@H]1c1cc2cccc(C(F)(F)F)n2n1. The summed E-state index contributed by atoms with van der Waals surface area (Å²) in [4.78, 5) is 22.0. The summed E-state index contributed by atoms with van der Waals surface area (Å²) in [5.41, 5.74) is 0.545. The fraction of sp³-hybridized carbons (Fsp3) is 0.238. The van der Waals surface area contributed by atoms with E-state index in [1.54, 1.807) is 0 Å². The zero-order chi connectivity index (χ0) is 25.9. The molecule has 6 rings (SSSR count). The van der Waals surface area contributed by atoms with E-state index in [-0.39, 0.29) is 29.2 Å². The first-order valence-electron chi connectivity index (χ1n) is 10.8. The molecule has 1 aliphatic heterocycles. The minimum Gasteiger partial charge on any atom is -0.412 e. The summed E-state index contributed by atoms with van der Waals surface area (Å²) in [6.45, 7) is -2.74. The molecule has 0 saturated heterocycles. The first kappa shape index (κ1) is 22.8. The van der Waals surface area contributed by atoms with Crippen molar-refractivity contribution in [1.29, 1.82) is 0 Å². The molecule has 5 aromatic rings. The Morgan fingerprint density at radius 3 is 2.81 bits per heavy atom. The summed E-state index contributed by atoms with van der Waals surface area (Å²) in [6.07, 6.45) is -0.779. The standard InChI is InChI=1S/C21H14F5N9O2/c22-20(23)34-8-10(7-29-34)17-30-31-18(37-17)19(36)33-5-4-12-15(28-9-27-12)16(33)13-6-11-2-1-3-14(21(24,25)26)35(11)32-13/h1-3,6-9,16,20H,4-5H2,(H,27,28)/t16-/m1/s1. The fourth-order valence-corrected chi connectivity index (χ4v) is 4.28. The van der Waals surface area contributed by atoms with Crippen LogP contribution in [0.1, 0.15) is 46.1 Å². The van der Waals surface area contributed by atoms with E-state index in [0.29, 0.717) is 22.5 Å². The van der Waals surface area contributed by atoms with Gasteiger partial charge in [-0.25, -0.2) is 14.2 Å². The topological polar surface area (TPSA) is 123 Å². The van der Waals surface area contributed by atoms with Gasteiger partial charge in [0.15, 0.2) is 0 Å². The number of carbonyl (C=O) groups excluding carboxylic acids is 1. The summed E-state index contributed by atoms with van der Waals surface area (Å²) in [5, 5.41) is 15.2. The predicted molar refractivity (Wildman–Crippen MR) is 112 cm³/mol. The van der Waals surface area contributed by atoms with E-state index in [4.69, 9.17) is 4.42 Å². The van der Waals surface area contributed by atoms with Crippen molar-refractivity contribution in [2.75, 3.05) is 6.54 Å². The van der Waals surface area contributed by atoms with Gasteiger partial charge in [-0.15, -0.1) is 10.2 Å². The highest BCUT2D eigenvalue weighted by Gasteiger charge is 2.39. The molecule has 5 aromatic heterocycles. The number of fused-ring (bicyclic) bond motifs is 2. The van der Waals surface area contributed by atoms with Crippen molar-refractivity contribution in [3.05, 3.63) is 71.7 Å². The first-order chi connectivity index (χ1) is 17.7. The number of imidazole rings is 1. The number of pyridine rings is 1. The number of aromatic amines is 1. The summed E-state index contributed by atoms with van der Waals surface area (Å²) >= 11 is 0. The molecule has 0 aromatic carbocycles. The van der Waals surface area contributed by atoms with Gasteiger partial charge in [0.1, 0.15) is 11.7 Å². The van der Waals surface area contributed by atoms with Gasteiger partial charge in [-0.1, -0.05) is 6.07 Å². The quantitative estimate of drug-likeness (QED) is 0.361. The van der Waals surface area contributed by atoms with Crippen LogP contribution < -0.4 is 0 Å². The third-order valence-electron chi connectivity index (χ3n) is 5.92. The third-order valence-corrected chi connectivity index (χ3v) is 5.92. The van der Waals surface area contributed by atoms with E-state index in [0.717, 1.165) is 23.0 Å². The van der Waals surface area contributed by atoms with Crippen molar-refractivity contribution in [3.63, 3.8) is 0 Å². The lowest BCUT2D eigenvalue weighted by Crippen LogP contribution is -2.41. The molecule has 6 heterocycles. The van der Waals surface area contributed by atoms with E-state index >= 15 is 0 Å². The Kier molecular flexibility index (Phi) is 5.06. The van der Waals surface area contributed by atoms with Crippen LogP contribution in [0.3, 0.4) is 0 Å². The second kappa shape index (κ2) is 8.21. The maximum atomic E-state index is 13.6. The van der Waals surface area contributed by atoms with E-state index in [1.165, 1.54) is 29.4 Å². The Morgan fingerprint density at radius 1 is 1.22 bits per heavy atom. The number of aromatic nitrogens is 8. The number of rotatable bonds is 4. The van der Waals surface area contributed by atoms with Gasteiger partial charge < -0.3 is 14.3 Å². The van der Waals surface area contributed by atoms with Crippen LogP contribution in [0.15, 0.2) is 47.4 Å². The van der Waals surface area contributed by atoms with Crippen LogP contribution in [0, 0.1) is 0 Å². The number of alkyl halides is 5. The van der Waals surface area contributed by atoms with E-state index in [2.05, 4.69) is 30.4 Å². The molecule has 1 N–H and O–H groups in total. The molecule has 0 radical (unpaired) electrons. The molecule has 0 unspecified atom stereocenters. The van der Waals surface area contributed by atoms with Crippen molar-refractivity contribution >= 4 is 11.4 Å². The Balaban J connectivity index is 1.39. The number of H-pyrrole nitrogens is 1. The molecule has 11 nitrogen and oxygen atoms in total. The zero-order valence-corrected chi connectivity index (χ0v) is 18.4. The first-order valence-corrected chi connectivity index (χ1v) is 10.8. The molecule has 37 heavy (non-hydrogen) atoms. The monoisotopic (exact) mass is 519 g/mol. The lowest BCUT2D eigenvalue weighted by atomic mass is 9.99. The van der Waals surface area contributed by atoms with E-state index < -0.39 is 36.3 Å². The fourth-order valence-electron chi connectivity index (χ4n) is 4.28. The number of nitrogens with one attached hydrogen (secondary N) is 1. The highest BCUT2D eigenvalue weighted by molar-refractivity contribution is 5.90. The largest absolute Gasteiger partial charge is 0.433 e. The summed E-state index contributed by atoms with van der Waals surface area (Å²) in [6, 6.07) is 4.13. The van der Waals surface area contributed by atoms with Gasteiger partial charge in [-0.3, -0.25) is 4.79 Å². The third kappa shape index (κ3) is 3.80. The molecule has 0 bridgehead atoms. The molecule has 1 amide bonds. The molecule has 0 spiro atoms. The molecule has 0 fully saturated rings. The molecule has 190 valence electrons. The second-order valence-electron chi connectivity index (χ2n) is 8.13. The van der Waals surface area contributed by atoms with Gasteiger partial charge in [0, 0.05) is 24.9 Å². The molecular formula is C21H14F5N9O2. The smallest absolute Gasteiger partial charge is 0.412 e. The van der Waals surface area contributed by atoms with Crippen molar-refractivity contribution in [1.82, 2.24) is 44.5 Å². The number of hydrogen-bond donors (Lipinski definition) is 1. The van der Waals surface area contributed by atoms with Crippen LogP contribution in [-0.2, 0) is 12.6 Å². The Morgan fingerprint density at radius 2 is 2.05 bits per heavy atom. The molecular weight excluding hydrogens is 505 g/mol. The van der Waals surface area contributed by atoms with Gasteiger partial charge in [0.2, 0.25) is 0 Å². The number of halogens is 5. The number of carbonyl (C=O) groups is 1. The molecule has 16 heteroatoms. The average molecular weight is 519 g/mol. The van der Waals surface area contributed by atoms with Crippen LogP contribution in [0.4, 0.5) is 22.0 Å². The Labute approximate surface area is 202 Å². The van der Waals surface area contributed by atoms with Gasteiger partial charge in [0.05, 0.1) is 35.0 Å². The predicted octanol–water partition coefficient (Wildman–Crippen LogP) is 3.51. The summed E-state index contributed by atoms with van der Waals surface area (Å²) in [5.74, 6) is -1.37. The van der Waals surface area contributed by atoms with Gasteiger partial charge in [0.25, 0.3) is 5.89 Å². The normalized spacial score (nSPS) is 16.1. The molecule has 1 atom stereocenters. The average Bonchev–Trinajstić information content (AvgIpc) is 3.66. The number of amides is 1.